The minimum atomic E-state index is 0.0988. The summed E-state index contributed by atoms with van der Waals surface area (Å²) in [5.74, 6) is 1.01. The number of rotatable bonds is 9. The van der Waals surface area contributed by atoms with Gasteiger partial charge in [0.25, 0.3) is 0 Å². The van der Waals surface area contributed by atoms with Crippen LogP contribution in [0.5, 0.6) is 0 Å². The number of carbonyl (C=O) groups is 1. The van der Waals surface area contributed by atoms with Gasteiger partial charge in [0.05, 0.1) is 16.8 Å². The molecule has 2 heterocycles. The fourth-order valence-corrected chi connectivity index (χ4v) is 5.55. The number of nitrogens with zero attached hydrogens (tertiary/aromatic N) is 3. The van der Waals surface area contributed by atoms with Gasteiger partial charge in [0, 0.05) is 28.6 Å². The summed E-state index contributed by atoms with van der Waals surface area (Å²) in [7, 11) is 0. The largest absolute Gasteiger partial charge is 0.284 e. The molecule has 0 unspecified atom stereocenters. The Morgan fingerprint density at radius 2 is 1.94 bits per heavy atom. The third-order valence-corrected chi connectivity index (χ3v) is 7.59. The third-order valence-electron chi connectivity index (χ3n) is 4.73. The molecule has 0 bridgehead atoms. The number of thiazole rings is 1. The molecule has 0 saturated heterocycles. The highest BCUT2D eigenvalue weighted by molar-refractivity contribution is 7.99. The predicted molar refractivity (Wildman–Crippen MR) is 133 cm³/mol. The van der Waals surface area contributed by atoms with Crippen LogP contribution >= 0.6 is 34.9 Å². The second-order valence-electron chi connectivity index (χ2n) is 6.94. The van der Waals surface area contributed by atoms with Crippen LogP contribution in [0.1, 0.15) is 18.4 Å². The number of anilines is 1. The average molecular weight is 466 g/mol. The first kappa shape index (κ1) is 21.9. The smallest absolute Gasteiger partial charge is 0.229 e. The summed E-state index contributed by atoms with van der Waals surface area (Å²) in [5, 5.41) is 0.748. The Balaban J connectivity index is 1.49. The zero-order valence-electron chi connectivity index (χ0n) is 17.2. The van der Waals surface area contributed by atoms with E-state index in [2.05, 4.69) is 35.5 Å². The van der Waals surface area contributed by atoms with Crippen molar-refractivity contribution in [3.8, 4) is 0 Å². The van der Waals surface area contributed by atoms with Crippen LogP contribution in [-0.4, -0.2) is 27.9 Å². The molecule has 0 atom stereocenters. The molecule has 0 aliphatic carbocycles. The Hall–Kier alpha value is -2.35. The van der Waals surface area contributed by atoms with Crippen molar-refractivity contribution in [2.75, 3.05) is 16.9 Å². The molecule has 2 aromatic carbocycles. The monoisotopic (exact) mass is 465 g/mol. The van der Waals surface area contributed by atoms with Gasteiger partial charge in [0.1, 0.15) is 0 Å². The highest BCUT2D eigenvalue weighted by atomic mass is 32.2. The maximum atomic E-state index is 13.2. The van der Waals surface area contributed by atoms with Gasteiger partial charge < -0.3 is 0 Å². The normalized spacial score (nSPS) is 11.0. The van der Waals surface area contributed by atoms with Gasteiger partial charge in [-0.25, -0.2) is 4.98 Å². The molecular weight excluding hydrogens is 442 g/mol. The zero-order chi connectivity index (χ0) is 21.5. The molecule has 0 radical (unpaired) electrons. The summed E-state index contributed by atoms with van der Waals surface area (Å²) >= 11 is 5.07. The number of thioether (sulfide) groups is 2. The number of hydrogen-bond donors (Lipinski definition) is 0. The number of fused-ring (bicyclic) bond motifs is 1. The first-order valence-electron chi connectivity index (χ1n) is 10.0. The van der Waals surface area contributed by atoms with Crippen molar-refractivity contribution >= 4 is 56.1 Å². The van der Waals surface area contributed by atoms with Crippen molar-refractivity contribution in [1.82, 2.24) is 9.97 Å². The molecule has 4 rings (SSSR count). The number of aromatic nitrogens is 2. The van der Waals surface area contributed by atoms with Crippen LogP contribution in [0.4, 0.5) is 5.13 Å². The van der Waals surface area contributed by atoms with Gasteiger partial charge in [-0.15, -0.1) is 23.5 Å². The van der Waals surface area contributed by atoms with E-state index in [1.54, 1.807) is 41.1 Å². The highest BCUT2D eigenvalue weighted by Gasteiger charge is 2.20. The summed E-state index contributed by atoms with van der Waals surface area (Å²) in [6, 6.07) is 20.5. The topological polar surface area (TPSA) is 46.1 Å². The maximum absolute atomic E-state index is 13.2. The van der Waals surface area contributed by atoms with E-state index in [1.807, 2.05) is 47.5 Å². The van der Waals surface area contributed by atoms with Gasteiger partial charge >= 0.3 is 0 Å². The number of hydrogen-bond acceptors (Lipinski definition) is 6. The molecule has 0 saturated carbocycles. The highest BCUT2D eigenvalue weighted by Crippen LogP contribution is 2.33. The van der Waals surface area contributed by atoms with Crippen molar-refractivity contribution in [3.05, 3.63) is 78.6 Å². The summed E-state index contributed by atoms with van der Waals surface area (Å²) in [6.45, 7) is 0.480. The Morgan fingerprint density at radius 1 is 1.06 bits per heavy atom. The van der Waals surface area contributed by atoms with E-state index in [-0.39, 0.29) is 5.91 Å². The van der Waals surface area contributed by atoms with E-state index < -0.39 is 0 Å². The molecular formula is C24H23N3OS3. The third kappa shape index (κ3) is 5.87. The van der Waals surface area contributed by atoms with Crippen molar-refractivity contribution in [1.29, 1.82) is 0 Å². The Morgan fingerprint density at radius 3 is 2.71 bits per heavy atom. The van der Waals surface area contributed by atoms with Gasteiger partial charge in [-0.05, 0) is 60.4 Å². The van der Waals surface area contributed by atoms with Gasteiger partial charge in [-0.1, -0.05) is 35.6 Å². The fraction of sp³-hybridized carbons (Fsp3) is 0.208. The summed E-state index contributed by atoms with van der Waals surface area (Å²) < 4.78 is 1.10. The van der Waals surface area contributed by atoms with Crippen LogP contribution in [0.25, 0.3) is 10.2 Å². The van der Waals surface area contributed by atoms with Crippen molar-refractivity contribution in [2.24, 2.45) is 0 Å². The second-order valence-corrected chi connectivity index (χ2v) is 9.99. The lowest BCUT2D eigenvalue weighted by Crippen LogP contribution is -2.30. The number of benzene rings is 2. The molecule has 7 heteroatoms. The van der Waals surface area contributed by atoms with Crippen molar-refractivity contribution in [2.45, 2.75) is 29.2 Å². The molecule has 0 N–H and O–H groups in total. The van der Waals surface area contributed by atoms with E-state index in [1.165, 1.54) is 9.79 Å². The molecule has 4 nitrogen and oxygen atoms in total. The lowest BCUT2D eigenvalue weighted by atomic mass is 10.2. The molecule has 1 amide bonds. The standard InChI is InChI=1S/C24H23N3OS3/c1-29-20-11-12-21-22(15-20)31-24(26-21)27(17-18-7-5-13-25-16-18)23(28)10-6-14-30-19-8-3-2-4-9-19/h2-5,7-9,11-13,15-16H,6,10,14,17H2,1H3. The summed E-state index contributed by atoms with van der Waals surface area (Å²) in [4.78, 5) is 26.4. The Labute approximate surface area is 195 Å². The molecule has 4 aromatic rings. The number of carbonyl (C=O) groups excluding carboxylic acids is 1. The van der Waals surface area contributed by atoms with E-state index in [0.717, 1.165) is 33.1 Å². The molecule has 2 aromatic heterocycles. The zero-order valence-corrected chi connectivity index (χ0v) is 19.7. The Bertz CT molecular complexity index is 1130. The number of pyridine rings is 1. The Kier molecular flexibility index (Phi) is 7.61. The van der Waals surface area contributed by atoms with Crippen molar-refractivity contribution < 1.29 is 4.79 Å². The van der Waals surface area contributed by atoms with Crippen LogP contribution in [0.2, 0.25) is 0 Å². The second kappa shape index (κ2) is 10.8. The lowest BCUT2D eigenvalue weighted by molar-refractivity contribution is -0.118. The van der Waals surface area contributed by atoms with Gasteiger partial charge in [0.15, 0.2) is 5.13 Å². The van der Waals surface area contributed by atoms with Gasteiger partial charge in [-0.2, -0.15) is 0 Å². The molecule has 0 aliphatic heterocycles. The first-order chi connectivity index (χ1) is 15.2. The van der Waals surface area contributed by atoms with Gasteiger partial charge in [-0.3, -0.25) is 14.7 Å². The average Bonchev–Trinajstić information content (AvgIpc) is 3.24. The van der Waals surface area contributed by atoms with E-state index in [9.17, 15) is 4.79 Å². The summed E-state index contributed by atoms with van der Waals surface area (Å²) in [6.07, 6.45) is 6.94. The molecule has 31 heavy (non-hydrogen) atoms. The maximum Gasteiger partial charge on any atom is 0.229 e. The minimum Gasteiger partial charge on any atom is -0.284 e. The quantitative estimate of drug-likeness (QED) is 0.208. The summed E-state index contributed by atoms with van der Waals surface area (Å²) in [5.41, 5.74) is 1.93. The SMILES string of the molecule is CSc1ccc2nc(N(Cc3cccnc3)C(=O)CCCSc3ccccc3)sc2c1. The van der Waals surface area contributed by atoms with Gasteiger partial charge in [0.2, 0.25) is 5.91 Å². The molecule has 158 valence electrons. The van der Waals surface area contributed by atoms with Crippen molar-refractivity contribution in [3.63, 3.8) is 0 Å². The fourth-order valence-electron chi connectivity index (χ4n) is 3.14. The molecule has 0 fully saturated rings. The van der Waals surface area contributed by atoms with E-state index >= 15 is 0 Å². The molecule has 0 aliphatic rings. The van der Waals surface area contributed by atoms with Crippen LogP contribution < -0.4 is 4.90 Å². The van der Waals surface area contributed by atoms with Crippen LogP contribution in [-0.2, 0) is 11.3 Å². The number of amides is 1. The van der Waals surface area contributed by atoms with Crippen LogP contribution in [0.15, 0.2) is 82.8 Å². The van der Waals surface area contributed by atoms with E-state index in [0.29, 0.717) is 13.0 Å². The first-order valence-corrected chi connectivity index (χ1v) is 13.1. The van der Waals surface area contributed by atoms with Crippen LogP contribution in [0, 0.1) is 0 Å². The minimum absolute atomic E-state index is 0.0988. The predicted octanol–water partition coefficient (Wildman–Crippen LogP) is 6.52. The van der Waals surface area contributed by atoms with E-state index in [4.69, 9.17) is 4.98 Å². The van der Waals surface area contributed by atoms with Crippen LogP contribution in [0.3, 0.4) is 0 Å². The molecule has 0 spiro atoms. The lowest BCUT2D eigenvalue weighted by Gasteiger charge is -2.20.